The minimum absolute atomic E-state index is 0.0257. The second kappa shape index (κ2) is 5.75. The third-order valence-corrected chi connectivity index (χ3v) is 4.68. The zero-order valence-electron chi connectivity index (χ0n) is 12.0. The molecule has 23 heavy (non-hydrogen) atoms. The fourth-order valence-corrected chi connectivity index (χ4v) is 2.93. The molecule has 0 aromatic heterocycles. The maximum Gasteiger partial charge on any atom is 0.257 e. The summed E-state index contributed by atoms with van der Waals surface area (Å²) in [4.78, 5) is 12.4. The van der Waals surface area contributed by atoms with Crippen LogP contribution in [0.2, 0.25) is 5.02 Å². The number of nitrogens with one attached hydrogen (secondary N) is 1. The molecule has 1 heterocycles. The molecule has 2 aromatic rings. The Bertz CT molecular complexity index is 895. The summed E-state index contributed by atoms with van der Waals surface area (Å²) in [6.45, 7) is 0.134. The molecule has 0 fully saturated rings. The monoisotopic (exact) mass is 353 g/mol. The number of rotatable bonds is 3. The Labute approximate surface area is 137 Å². The van der Waals surface area contributed by atoms with Crippen LogP contribution in [0.5, 0.6) is 11.5 Å². The molecule has 0 saturated heterocycles. The van der Waals surface area contributed by atoms with E-state index in [0.29, 0.717) is 17.2 Å². The Morgan fingerprint density at radius 1 is 1.13 bits per heavy atom. The molecule has 1 aliphatic rings. The molecule has 0 radical (unpaired) electrons. The van der Waals surface area contributed by atoms with Crippen molar-refractivity contribution in [1.82, 2.24) is 0 Å². The van der Waals surface area contributed by atoms with Crippen LogP contribution >= 0.6 is 11.6 Å². The van der Waals surface area contributed by atoms with Crippen LogP contribution in [0, 0.1) is 0 Å². The van der Waals surface area contributed by atoms with Gasteiger partial charge in [-0.25, -0.2) is 8.42 Å². The highest BCUT2D eigenvalue weighted by atomic mass is 35.5. The van der Waals surface area contributed by atoms with Gasteiger partial charge in [0.15, 0.2) is 21.3 Å². The number of anilines is 1. The molecular weight excluding hydrogens is 342 g/mol. The van der Waals surface area contributed by atoms with E-state index in [2.05, 4.69) is 5.32 Å². The predicted octanol–water partition coefficient (Wildman–Crippen LogP) is 2.72. The van der Waals surface area contributed by atoms with Crippen LogP contribution in [-0.4, -0.2) is 27.4 Å². The lowest BCUT2D eigenvalue weighted by Gasteiger charge is -2.09. The number of benzene rings is 2. The minimum Gasteiger partial charge on any atom is -0.454 e. The summed E-state index contributed by atoms with van der Waals surface area (Å²) in [7, 11) is -3.43. The Morgan fingerprint density at radius 3 is 2.61 bits per heavy atom. The number of carbonyl (C=O) groups excluding carboxylic acids is 1. The van der Waals surface area contributed by atoms with Crippen molar-refractivity contribution in [3.8, 4) is 11.5 Å². The maximum absolute atomic E-state index is 12.4. The maximum atomic E-state index is 12.4. The second-order valence-corrected chi connectivity index (χ2v) is 7.36. The van der Waals surface area contributed by atoms with Crippen LogP contribution in [0.25, 0.3) is 0 Å². The van der Waals surface area contributed by atoms with E-state index in [9.17, 15) is 13.2 Å². The number of sulfone groups is 1. The third kappa shape index (κ3) is 3.25. The zero-order valence-corrected chi connectivity index (χ0v) is 13.6. The van der Waals surface area contributed by atoms with Gasteiger partial charge >= 0.3 is 0 Å². The van der Waals surface area contributed by atoms with E-state index in [4.69, 9.17) is 21.1 Å². The average Bonchev–Trinajstić information content (AvgIpc) is 2.93. The molecule has 120 valence electrons. The number of hydrogen-bond donors (Lipinski definition) is 1. The van der Waals surface area contributed by atoms with Gasteiger partial charge in [0.05, 0.1) is 15.5 Å². The Balaban J connectivity index is 1.89. The van der Waals surface area contributed by atoms with E-state index in [-0.39, 0.29) is 22.3 Å². The second-order valence-electron chi connectivity index (χ2n) is 4.94. The quantitative estimate of drug-likeness (QED) is 0.917. The van der Waals surface area contributed by atoms with Gasteiger partial charge in [-0.15, -0.1) is 0 Å². The van der Waals surface area contributed by atoms with E-state index in [1.807, 2.05) is 0 Å². The highest BCUT2D eigenvalue weighted by Gasteiger charge is 2.18. The van der Waals surface area contributed by atoms with Crippen LogP contribution in [0.3, 0.4) is 0 Å². The van der Waals surface area contributed by atoms with Gasteiger partial charge in [-0.2, -0.15) is 0 Å². The molecule has 0 aliphatic carbocycles. The summed E-state index contributed by atoms with van der Waals surface area (Å²) < 4.78 is 33.6. The van der Waals surface area contributed by atoms with Crippen molar-refractivity contribution in [3.63, 3.8) is 0 Å². The first-order valence-electron chi connectivity index (χ1n) is 6.55. The van der Waals surface area contributed by atoms with Crippen LogP contribution < -0.4 is 14.8 Å². The molecular formula is C15H12ClNO5S. The predicted molar refractivity (Wildman–Crippen MR) is 85.1 cm³/mol. The highest BCUT2D eigenvalue weighted by molar-refractivity contribution is 7.90. The van der Waals surface area contributed by atoms with Crippen molar-refractivity contribution in [2.75, 3.05) is 18.4 Å². The first kappa shape index (κ1) is 15.6. The first-order chi connectivity index (χ1) is 10.8. The zero-order chi connectivity index (χ0) is 16.6. The smallest absolute Gasteiger partial charge is 0.257 e. The molecule has 6 nitrogen and oxygen atoms in total. The minimum atomic E-state index is -3.43. The van der Waals surface area contributed by atoms with Gasteiger partial charge in [0.25, 0.3) is 5.91 Å². The molecule has 2 aromatic carbocycles. The van der Waals surface area contributed by atoms with Gasteiger partial charge in [0, 0.05) is 18.0 Å². The van der Waals surface area contributed by atoms with E-state index in [1.54, 1.807) is 18.2 Å². The number of carbonyl (C=O) groups is 1. The fourth-order valence-electron chi connectivity index (χ4n) is 2.08. The molecule has 1 N–H and O–H groups in total. The molecule has 0 unspecified atom stereocenters. The summed E-state index contributed by atoms with van der Waals surface area (Å²) in [5, 5.41) is 2.82. The van der Waals surface area contributed by atoms with Crippen LogP contribution in [0.15, 0.2) is 41.3 Å². The number of amides is 1. The standard InChI is InChI=1S/C15H12ClNO5S/c1-23(19,20)10-3-4-12(16)11(7-10)15(18)17-9-2-5-13-14(6-9)22-8-21-13/h2-7H,8H2,1H3,(H,17,18). The van der Waals surface area contributed by atoms with Crippen LogP contribution in [-0.2, 0) is 9.84 Å². The van der Waals surface area contributed by atoms with Crippen molar-refractivity contribution >= 4 is 33.0 Å². The number of ether oxygens (including phenoxy) is 2. The van der Waals surface area contributed by atoms with Crippen molar-refractivity contribution in [2.24, 2.45) is 0 Å². The molecule has 0 saturated carbocycles. The van der Waals surface area contributed by atoms with Crippen molar-refractivity contribution in [3.05, 3.63) is 47.0 Å². The average molecular weight is 354 g/mol. The van der Waals surface area contributed by atoms with Crippen LogP contribution in [0.4, 0.5) is 5.69 Å². The highest BCUT2D eigenvalue weighted by Crippen LogP contribution is 2.34. The van der Waals surface area contributed by atoms with E-state index >= 15 is 0 Å². The summed E-state index contributed by atoms with van der Waals surface area (Å²) in [6, 6.07) is 8.93. The molecule has 8 heteroatoms. The summed E-state index contributed by atoms with van der Waals surface area (Å²) >= 11 is 6.00. The lowest BCUT2D eigenvalue weighted by atomic mass is 10.2. The molecule has 1 aliphatic heterocycles. The van der Waals surface area contributed by atoms with Crippen LogP contribution in [0.1, 0.15) is 10.4 Å². The van der Waals surface area contributed by atoms with Gasteiger partial charge in [-0.05, 0) is 30.3 Å². The molecule has 0 bridgehead atoms. The molecule has 0 atom stereocenters. The molecule has 0 spiro atoms. The van der Waals surface area contributed by atoms with Crippen molar-refractivity contribution < 1.29 is 22.7 Å². The summed E-state index contributed by atoms with van der Waals surface area (Å²) in [5.41, 5.74) is 0.562. The van der Waals surface area contributed by atoms with E-state index in [0.717, 1.165) is 6.26 Å². The topological polar surface area (TPSA) is 81.7 Å². The lowest BCUT2D eigenvalue weighted by Crippen LogP contribution is -2.13. The molecule has 1 amide bonds. The lowest BCUT2D eigenvalue weighted by molar-refractivity contribution is 0.102. The number of halogens is 1. The van der Waals surface area contributed by atoms with Gasteiger partial charge in [0.2, 0.25) is 6.79 Å². The summed E-state index contributed by atoms with van der Waals surface area (Å²) in [5.74, 6) is 0.609. The Morgan fingerprint density at radius 2 is 1.87 bits per heavy atom. The number of hydrogen-bond acceptors (Lipinski definition) is 5. The van der Waals surface area contributed by atoms with Crippen molar-refractivity contribution in [2.45, 2.75) is 4.90 Å². The van der Waals surface area contributed by atoms with Crippen molar-refractivity contribution in [1.29, 1.82) is 0 Å². The van der Waals surface area contributed by atoms with Gasteiger partial charge in [-0.3, -0.25) is 4.79 Å². The Kier molecular flexibility index (Phi) is 3.91. The Hall–Kier alpha value is -2.25. The first-order valence-corrected chi connectivity index (χ1v) is 8.82. The van der Waals surface area contributed by atoms with Gasteiger partial charge in [0.1, 0.15) is 0 Å². The van der Waals surface area contributed by atoms with Gasteiger partial charge < -0.3 is 14.8 Å². The van der Waals surface area contributed by atoms with E-state index < -0.39 is 15.7 Å². The van der Waals surface area contributed by atoms with Gasteiger partial charge in [-0.1, -0.05) is 11.6 Å². The molecule has 3 rings (SSSR count). The SMILES string of the molecule is CS(=O)(=O)c1ccc(Cl)c(C(=O)Nc2ccc3c(c2)OCO3)c1. The third-order valence-electron chi connectivity index (χ3n) is 3.24. The fraction of sp³-hybridized carbons (Fsp3) is 0.133. The normalized spacial score (nSPS) is 13.0. The van der Waals surface area contributed by atoms with E-state index in [1.165, 1.54) is 18.2 Å². The summed E-state index contributed by atoms with van der Waals surface area (Å²) in [6.07, 6.45) is 1.07. The largest absolute Gasteiger partial charge is 0.454 e. The number of fused-ring (bicyclic) bond motifs is 1.